The van der Waals surface area contributed by atoms with E-state index in [2.05, 4.69) is 22.5 Å². The fraction of sp³-hybridized carbons (Fsp3) is 0.408. The minimum atomic E-state index is -3.89. The second-order valence-electron chi connectivity index (χ2n) is 18.9. The zero-order valence-corrected chi connectivity index (χ0v) is 41.3. The van der Waals surface area contributed by atoms with Crippen LogP contribution in [0.5, 0.6) is 5.75 Å². The summed E-state index contributed by atoms with van der Waals surface area (Å²) in [6.45, 7) is 9.82. The Morgan fingerprint density at radius 1 is 1.03 bits per heavy atom. The Bertz CT molecular complexity index is 3010. The predicted octanol–water partition coefficient (Wildman–Crippen LogP) is 9.35. The second-order valence-corrected chi connectivity index (χ2v) is 22.2. The van der Waals surface area contributed by atoms with Gasteiger partial charge in [0.05, 0.1) is 40.2 Å². The summed E-state index contributed by atoms with van der Waals surface area (Å²) in [6, 6.07) is 17.7. The Hall–Kier alpha value is -6.09. The number of aromatic nitrogens is 2. The largest absolute Gasteiger partial charge is 0.507 e. The maximum absolute atomic E-state index is 16.1. The molecule has 0 saturated carbocycles. The van der Waals surface area contributed by atoms with Crippen molar-refractivity contribution in [1.29, 1.82) is 0 Å². The van der Waals surface area contributed by atoms with Gasteiger partial charge in [0.15, 0.2) is 12.4 Å². The SMILES string of the molecule is C=C(O)c1sc(-c2cccc(N[C@H]3CCN(S(=O)(=O)Cc4cccc(NC(=O)N5CCC(c6ccc7c(C8CCC(=O)NC8=O)nn(C(C)C)c7c6)C(F)(F)C5)c4)C(C)(C)C3)c2)c(Cl)c1OCC(=O)O. The fourth-order valence-electron chi connectivity index (χ4n) is 9.80. The van der Waals surface area contributed by atoms with Gasteiger partial charge in [0.2, 0.25) is 21.8 Å². The summed E-state index contributed by atoms with van der Waals surface area (Å²) in [5.41, 5.74) is 2.76. The Labute approximate surface area is 412 Å². The van der Waals surface area contributed by atoms with E-state index >= 15 is 8.78 Å². The first-order chi connectivity index (χ1) is 33.0. The van der Waals surface area contributed by atoms with Gasteiger partial charge in [-0.15, -0.1) is 11.3 Å². The van der Waals surface area contributed by atoms with E-state index in [1.807, 2.05) is 52.0 Å². The second kappa shape index (κ2) is 19.6. The highest BCUT2D eigenvalue weighted by atomic mass is 35.5. The van der Waals surface area contributed by atoms with E-state index in [0.29, 0.717) is 57.4 Å². The molecule has 21 heteroatoms. The fourth-order valence-corrected chi connectivity index (χ4v) is 13.2. The number of piperidine rings is 3. The molecule has 372 valence electrons. The van der Waals surface area contributed by atoms with Crippen molar-refractivity contribution >= 4 is 84.8 Å². The van der Waals surface area contributed by atoms with Gasteiger partial charge in [-0.05, 0) is 100 Å². The van der Waals surface area contributed by atoms with Gasteiger partial charge < -0.3 is 30.5 Å². The molecule has 2 aromatic heterocycles. The van der Waals surface area contributed by atoms with Crippen LogP contribution in [-0.4, -0.2) is 105 Å². The molecule has 8 rings (SSSR count). The number of fused-ring (bicyclic) bond motifs is 1. The molecule has 3 saturated heterocycles. The number of carboxylic acids is 1. The number of carbonyl (C=O) groups excluding carboxylic acids is 3. The summed E-state index contributed by atoms with van der Waals surface area (Å²) >= 11 is 7.73. The van der Waals surface area contributed by atoms with Gasteiger partial charge in [0.1, 0.15) is 15.7 Å². The van der Waals surface area contributed by atoms with E-state index in [9.17, 15) is 32.7 Å². The summed E-state index contributed by atoms with van der Waals surface area (Å²) in [4.78, 5) is 51.0. The normalized spacial score (nSPS) is 20.6. The molecular formula is C49H54ClF2N7O9S2. The number of thiophene rings is 1. The maximum atomic E-state index is 16.1. The number of hydrogen-bond donors (Lipinski definition) is 5. The van der Waals surface area contributed by atoms with Crippen molar-refractivity contribution < 1.29 is 51.3 Å². The number of alkyl halides is 2. The lowest BCUT2D eigenvalue weighted by Crippen LogP contribution is -2.55. The standard InChI is InChI=1S/C49H54ClF2N7O9S2/c1-27(2)59-38-22-30(12-13-35(38)42(56-59)36-14-15-39(61)55-46(36)64)37-17-18-57(26-49(37,51)52)47(65)54-32-10-6-8-29(20-32)25-70(66,67)58-19-16-34(23-48(58,4)5)53-33-11-7-9-31(21-33)45-41(50)43(68-24-40(62)63)44(69-45)28(3)60/h6-13,20-22,27,34,36-37,53,60H,3,14-19,23-26H2,1-2,4-5H3,(H,54,65)(H,62,63)(H,55,61,64)/t34-,36?,37?/m0/s1. The van der Waals surface area contributed by atoms with Crippen molar-refractivity contribution in [2.75, 3.05) is 36.9 Å². The third-order valence-corrected chi connectivity index (χ3v) is 16.8. The minimum Gasteiger partial charge on any atom is -0.507 e. The number of aliphatic hydroxyl groups is 1. The van der Waals surface area contributed by atoms with Crippen LogP contribution < -0.4 is 20.7 Å². The van der Waals surface area contributed by atoms with Gasteiger partial charge in [-0.25, -0.2) is 26.8 Å². The van der Waals surface area contributed by atoms with Crippen LogP contribution in [0.1, 0.15) is 99.4 Å². The number of anilines is 2. The van der Waals surface area contributed by atoms with Crippen LogP contribution in [0.4, 0.5) is 25.0 Å². The van der Waals surface area contributed by atoms with Gasteiger partial charge in [-0.2, -0.15) is 9.40 Å². The summed E-state index contributed by atoms with van der Waals surface area (Å²) in [5.74, 6) is -7.80. The molecule has 16 nitrogen and oxygen atoms in total. The van der Waals surface area contributed by atoms with E-state index in [0.717, 1.165) is 21.9 Å². The number of urea groups is 1. The van der Waals surface area contributed by atoms with Crippen molar-refractivity contribution in [1.82, 2.24) is 24.3 Å². The van der Waals surface area contributed by atoms with Crippen molar-refractivity contribution in [3.8, 4) is 16.2 Å². The zero-order chi connectivity index (χ0) is 50.4. The highest BCUT2D eigenvalue weighted by Gasteiger charge is 2.47. The highest BCUT2D eigenvalue weighted by molar-refractivity contribution is 7.88. The molecule has 0 bridgehead atoms. The molecule has 5 heterocycles. The van der Waals surface area contributed by atoms with E-state index in [1.165, 1.54) is 10.4 Å². The smallest absolute Gasteiger partial charge is 0.341 e. The number of likely N-dealkylation sites (tertiary alicyclic amines) is 1. The summed E-state index contributed by atoms with van der Waals surface area (Å²) in [5, 5.41) is 33.4. The third-order valence-electron chi connectivity index (χ3n) is 13.0. The van der Waals surface area contributed by atoms with Gasteiger partial charge in [-0.3, -0.25) is 19.6 Å². The van der Waals surface area contributed by atoms with Gasteiger partial charge in [0, 0.05) is 53.9 Å². The molecule has 3 atom stereocenters. The first-order valence-corrected chi connectivity index (χ1v) is 25.6. The molecule has 4 amide bonds. The van der Waals surface area contributed by atoms with Crippen LogP contribution in [0.2, 0.25) is 5.02 Å². The lowest BCUT2D eigenvalue weighted by atomic mass is 9.85. The Balaban J connectivity index is 0.886. The number of nitrogens with zero attached hydrogens (tertiary/aromatic N) is 4. The molecule has 5 aromatic rings. The molecule has 5 N–H and O–H groups in total. The molecule has 3 fully saturated rings. The van der Waals surface area contributed by atoms with Crippen LogP contribution in [0.15, 0.2) is 73.3 Å². The number of benzene rings is 3. The lowest BCUT2D eigenvalue weighted by Gasteiger charge is -2.45. The van der Waals surface area contributed by atoms with E-state index in [1.54, 1.807) is 41.1 Å². The van der Waals surface area contributed by atoms with Crippen LogP contribution in [0.3, 0.4) is 0 Å². The molecule has 0 aliphatic carbocycles. The topological polar surface area (TPSA) is 212 Å². The first-order valence-electron chi connectivity index (χ1n) is 22.8. The van der Waals surface area contributed by atoms with E-state index < -0.39 is 64.4 Å². The monoisotopic (exact) mass is 1020 g/mol. The Morgan fingerprint density at radius 3 is 2.46 bits per heavy atom. The molecule has 0 radical (unpaired) electrons. The van der Waals surface area contributed by atoms with Crippen LogP contribution >= 0.6 is 22.9 Å². The average Bonchev–Trinajstić information content (AvgIpc) is 3.82. The highest BCUT2D eigenvalue weighted by Crippen LogP contribution is 2.48. The molecule has 3 aliphatic rings. The number of imide groups is 1. The van der Waals surface area contributed by atoms with Crippen LogP contribution in [0.25, 0.3) is 27.1 Å². The van der Waals surface area contributed by atoms with Crippen molar-refractivity contribution in [2.24, 2.45) is 0 Å². The van der Waals surface area contributed by atoms with Crippen molar-refractivity contribution in [2.45, 2.75) is 101 Å². The Morgan fingerprint density at radius 2 is 1.77 bits per heavy atom. The number of halogens is 3. The number of amides is 4. The number of aliphatic hydroxyl groups excluding tert-OH is 1. The zero-order valence-electron chi connectivity index (χ0n) is 38.9. The summed E-state index contributed by atoms with van der Waals surface area (Å²) in [6.07, 6.45) is 1.38. The van der Waals surface area contributed by atoms with E-state index in [-0.39, 0.29) is 76.8 Å². The summed E-state index contributed by atoms with van der Waals surface area (Å²) < 4.78 is 68.9. The quantitative estimate of drug-likeness (QED) is 0.0522. The third kappa shape index (κ3) is 10.5. The van der Waals surface area contributed by atoms with Crippen LogP contribution in [0, 0.1) is 0 Å². The number of sulfonamides is 1. The average molecular weight is 1020 g/mol. The number of rotatable bonds is 14. The molecule has 3 aromatic carbocycles. The maximum Gasteiger partial charge on any atom is 0.341 e. The molecular weight excluding hydrogens is 968 g/mol. The summed E-state index contributed by atoms with van der Waals surface area (Å²) in [7, 11) is -3.89. The van der Waals surface area contributed by atoms with Gasteiger partial charge >= 0.3 is 12.0 Å². The molecule has 0 spiro atoms. The lowest BCUT2D eigenvalue weighted by molar-refractivity contribution is -0.139. The van der Waals surface area contributed by atoms with Gasteiger partial charge in [0.25, 0.3) is 5.92 Å². The number of hydrogen-bond acceptors (Lipinski definition) is 11. The van der Waals surface area contributed by atoms with Gasteiger partial charge in [-0.1, -0.05) is 54.6 Å². The molecule has 3 aliphatic heterocycles. The number of carbonyl (C=O) groups is 4. The van der Waals surface area contributed by atoms with Crippen LogP contribution in [-0.2, 0) is 30.2 Å². The number of aliphatic carboxylic acids is 1. The predicted molar refractivity (Wildman–Crippen MR) is 264 cm³/mol. The minimum absolute atomic E-state index is 0.0231. The first kappa shape index (κ1) is 50.3. The Kier molecular flexibility index (Phi) is 14.1. The molecule has 70 heavy (non-hydrogen) atoms. The van der Waals surface area contributed by atoms with Crippen molar-refractivity contribution in [3.05, 3.63) is 100 Å². The number of carboxylic acid groups (broad SMARTS) is 1. The van der Waals surface area contributed by atoms with Crippen molar-refractivity contribution in [3.63, 3.8) is 0 Å². The van der Waals surface area contributed by atoms with E-state index in [4.69, 9.17) is 26.5 Å². The number of ether oxygens (including phenoxy) is 1. The number of nitrogens with one attached hydrogen (secondary N) is 3. The molecule has 2 unspecified atom stereocenters.